The first-order chi connectivity index (χ1) is 11.5. The van der Waals surface area contributed by atoms with E-state index < -0.39 is 0 Å². The van der Waals surface area contributed by atoms with Gasteiger partial charge in [-0.2, -0.15) is 0 Å². The number of carbonyl (C=O) groups is 1. The van der Waals surface area contributed by atoms with Crippen LogP contribution in [0.15, 0.2) is 18.2 Å². The molecule has 1 aliphatic carbocycles. The number of nitrogens with zero attached hydrogens (tertiary/aromatic N) is 1. The van der Waals surface area contributed by atoms with Crippen molar-refractivity contribution in [2.24, 2.45) is 0 Å². The molecule has 0 bridgehead atoms. The molecule has 1 aromatic carbocycles. The van der Waals surface area contributed by atoms with Crippen molar-refractivity contribution in [3.63, 3.8) is 0 Å². The van der Waals surface area contributed by atoms with E-state index in [0.717, 1.165) is 29.9 Å². The summed E-state index contributed by atoms with van der Waals surface area (Å²) in [5.41, 5.74) is 0.821. The van der Waals surface area contributed by atoms with Crippen LogP contribution in [0.4, 0.5) is 0 Å². The van der Waals surface area contributed by atoms with Crippen LogP contribution in [0.5, 0.6) is 11.5 Å². The lowest BCUT2D eigenvalue weighted by Gasteiger charge is -2.44. The predicted octanol–water partition coefficient (Wildman–Crippen LogP) is 2.98. The smallest absolute Gasteiger partial charge is 0.229 e. The summed E-state index contributed by atoms with van der Waals surface area (Å²) < 4.78 is 17.1. The first kappa shape index (κ1) is 17.1. The molecule has 1 aliphatic heterocycles. The van der Waals surface area contributed by atoms with Gasteiger partial charge in [0.1, 0.15) is 13.2 Å². The van der Waals surface area contributed by atoms with Crippen molar-refractivity contribution < 1.29 is 19.0 Å². The van der Waals surface area contributed by atoms with Crippen molar-refractivity contribution in [3.8, 4) is 11.5 Å². The highest BCUT2D eigenvalue weighted by Crippen LogP contribution is 2.37. The lowest BCUT2D eigenvalue weighted by atomic mass is 9.79. The molecule has 0 spiro atoms. The number of likely N-dealkylation sites (N-methyl/N-ethyl adjacent to an activating group) is 1. The molecule has 1 heterocycles. The Balaban J connectivity index is 1.67. The lowest BCUT2D eigenvalue weighted by Crippen LogP contribution is -2.51. The molecule has 0 radical (unpaired) electrons. The molecule has 0 saturated heterocycles. The van der Waals surface area contributed by atoms with E-state index in [4.69, 9.17) is 14.2 Å². The molecule has 1 atom stereocenters. The number of amides is 1. The zero-order valence-electron chi connectivity index (χ0n) is 14.8. The average molecular weight is 333 g/mol. The van der Waals surface area contributed by atoms with Crippen LogP contribution in [0.25, 0.3) is 0 Å². The van der Waals surface area contributed by atoms with Gasteiger partial charge in [-0.3, -0.25) is 4.79 Å². The van der Waals surface area contributed by atoms with E-state index in [2.05, 4.69) is 0 Å². The molecule has 1 aromatic rings. The molecule has 2 aliphatic rings. The van der Waals surface area contributed by atoms with Crippen molar-refractivity contribution in [1.82, 2.24) is 4.90 Å². The van der Waals surface area contributed by atoms with E-state index in [9.17, 15) is 4.79 Å². The maximum Gasteiger partial charge on any atom is 0.229 e. The van der Waals surface area contributed by atoms with E-state index in [-0.39, 0.29) is 17.4 Å². The topological polar surface area (TPSA) is 48.0 Å². The number of rotatable bonds is 6. The van der Waals surface area contributed by atoms with Gasteiger partial charge < -0.3 is 19.1 Å². The third-order valence-electron chi connectivity index (χ3n) is 5.05. The van der Waals surface area contributed by atoms with Gasteiger partial charge in [0.15, 0.2) is 11.5 Å². The Bertz CT molecular complexity index is 597. The Labute approximate surface area is 143 Å². The molecule has 0 N–H and O–H groups in total. The molecule has 0 aromatic heterocycles. The lowest BCUT2D eigenvalue weighted by molar-refractivity contribution is -0.143. The number of fused-ring (bicyclic) bond motifs is 1. The Morgan fingerprint density at radius 1 is 1.29 bits per heavy atom. The van der Waals surface area contributed by atoms with Crippen molar-refractivity contribution in [1.29, 1.82) is 0 Å². The molecule has 24 heavy (non-hydrogen) atoms. The number of hydrogen-bond donors (Lipinski definition) is 0. The summed E-state index contributed by atoms with van der Waals surface area (Å²) in [6, 6.07) is 5.76. The maximum atomic E-state index is 12.8. The van der Waals surface area contributed by atoms with Crippen LogP contribution in [0.3, 0.4) is 0 Å². The van der Waals surface area contributed by atoms with Crippen molar-refractivity contribution in [2.45, 2.75) is 44.6 Å². The van der Waals surface area contributed by atoms with Gasteiger partial charge in [0.25, 0.3) is 0 Å². The summed E-state index contributed by atoms with van der Waals surface area (Å²) in [4.78, 5) is 14.6. The highest BCUT2D eigenvalue weighted by molar-refractivity contribution is 5.83. The predicted molar refractivity (Wildman–Crippen MR) is 91.7 cm³/mol. The first-order valence-electron chi connectivity index (χ1n) is 8.83. The molecule has 1 fully saturated rings. The molecule has 5 heteroatoms. The van der Waals surface area contributed by atoms with E-state index in [1.54, 1.807) is 0 Å². The SMILES string of the molecule is CCOC1(CN(C)C(=O)C(C)c2ccc3c(c2)OCCO3)CCC1. The van der Waals surface area contributed by atoms with Gasteiger partial charge >= 0.3 is 0 Å². The average Bonchev–Trinajstić information content (AvgIpc) is 2.58. The monoisotopic (exact) mass is 333 g/mol. The Hall–Kier alpha value is -1.75. The number of hydrogen-bond acceptors (Lipinski definition) is 4. The summed E-state index contributed by atoms with van der Waals surface area (Å²) >= 11 is 0. The largest absolute Gasteiger partial charge is 0.486 e. The van der Waals surface area contributed by atoms with Gasteiger partial charge in [-0.15, -0.1) is 0 Å². The van der Waals surface area contributed by atoms with Crippen molar-refractivity contribution in [3.05, 3.63) is 23.8 Å². The molecular formula is C19H27NO4. The second-order valence-electron chi connectivity index (χ2n) is 6.79. The van der Waals surface area contributed by atoms with E-state index in [1.807, 2.05) is 44.0 Å². The minimum atomic E-state index is -0.218. The highest BCUT2D eigenvalue weighted by atomic mass is 16.6. The fraction of sp³-hybridized carbons (Fsp3) is 0.632. The summed E-state index contributed by atoms with van der Waals surface area (Å²) in [6.07, 6.45) is 3.26. The fourth-order valence-corrected chi connectivity index (χ4v) is 3.54. The zero-order chi connectivity index (χ0) is 17.2. The standard InChI is InChI=1S/C19H27NO4/c1-4-24-19(8-5-9-19)13-20(3)18(21)14(2)15-6-7-16-17(12-15)23-11-10-22-16/h6-7,12,14H,4-5,8-11,13H2,1-3H3. The van der Waals surface area contributed by atoms with Crippen LogP contribution < -0.4 is 9.47 Å². The van der Waals surface area contributed by atoms with Gasteiger partial charge in [-0.1, -0.05) is 6.07 Å². The van der Waals surface area contributed by atoms with Crippen molar-refractivity contribution in [2.75, 3.05) is 33.4 Å². The van der Waals surface area contributed by atoms with Crippen molar-refractivity contribution >= 4 is 5.91 Å². The molecule has 132 valence electrons. The van der Waals surface area contributed by atoms with Crippen LogP contribution in [0, 0.1) is 0 Å². The molecule has 5 nitrogen and oxygen atoms in total. The van der Waals surface area contributed by atoms with Crippen LogP contribution in [-0.2, 0) is 9.53 Å². The zero-order valence-corrected chi connectivity index (χ0v) is 14.8. The second-order valence-corrected chi connectivity index (χ2v) is 6.79. The summed E-state index contributed by atoms with van der Waals surface area (Å²) in [7, 11) is 1.87. The van der Waals surface area contributed by atoms with Crippen LogP contribution in [0.1, 0.15) is 44.6 Å². The minimum absolute atomic E-state index is 0.109. The number of ether oxygens (including phenoxy) is 3. The Morgan fingerprint density at radius 3 is 2.62 bits per heavy atom. The van der Waals surface area contributed by atoms with Gasteiger partial charge in [0.05, 0.1) is 11.5 Å². The number of benzene rings is 1. The van der Waals surface area contributed by atoms with E-state index in [0.29, 0.717) is 26.4 Å². The second kappa shape index (κ2) is 7.01. The third-order valence-corrected chi connectivity index (χ3v) is 5.05. The van der Waals surface area contributed by atoms with Gasteiger partial charge in [0.2, 0.25) is 5.91 Å². The minimum Gasteiger partial charge on any atom is -0.486 e. The van der Waals surface area contributed by atoms with E-state index in [1.165, 1.54) is 6.42 Å². The third kappa shape index (κ3) is 3.36. The summed E-state index contributed by atoms with van der Waals surface area (Å²) in [5, 5.41) is 0. The Morgan fingerprint density at radius 2 is 2.00 bits per heavy atom. The van der Waals surface area contributed by atoms with Gasteiger partial charge in [0, 0.05) is 20.2 Å². The maximum absolute atomic E-state index is 12.8. The van der Waals surface area contributed by atoms with Gasteiger partial charge in [-0.25, -0.2) is 0 Å². The molecular weight excluding hydrogens is 306 g/mol. The summed E-state index contributed by atoms with van der Waals surface area (Å²) in [6.45, 7) is 6.44. The van der Waals surface area contributed by atoms with Crippen LogP contribution in [0.2, 0.25) is 0 Å². The first-order valence-corrected chi connectivity index (χ1v) is 8.83. The highest BCUT2D eigenvalue weighted by Gasteiger charge is 2.40. The summed E-state index contributed by atoms with van der Waals surface area (Å²) in [5.74, 6) is 1.37. The molecule has 1 saturated carbocycles. The van der Waals surface area contributed by atoms with Crippen LogP contribution in [-0.4, -0.2) is 49.8 Å². The number of carbonyl (C=O) groups excluding carboxylic acids is 1. The van der Waals surface area contributed by atoms with E-state index >= 15 is 0 Å². The molecule has 1 amide bonds. The van der Waals surface area contributed by atoms with Gasteiger partial charge in [-0.05, 0) is 50.8 Å². The fourth-order valence-electron chi connectivity index (χ4n) is 3.54. The normalized spacial score (nSPS) is 19.3. The van der Waals surface area contributed by atoms with Crippen LogP contribution >= 0.6 is 0 Å². The quantitative estimate of drug-likeness (QED) is 0.803. The molecule has 3 rings (SSSR count). The molecule has 1 unspecified atom stereocenters. The Kier molecular flexibility index (Phi) is 4.99.